The summed E-state index contributed by atoms with van der Waals surface area (Å²) in [4.78, 5) is 18.5. The van der Waals surface area contributed by atoms with Crippen molar-refractivity contribution >= 4 is 17.4 Å². The van der Waals surface area contributed by atoms with Crippen molar-refractivity contribution in [2.75, 3.05) is 32.7 Å². The Balaban J connectivity index is 1.56. The summed E-state index contributed by atoms with van der Waals surface area (Å²) < 4.78 is 0. The van der Waals surface area contributed by atoms with Crippen LogP contribution >= 0.6 is 11.3 Å². The molecule has 2 heterocycles. The van der Waals surface area contributed by atoms with E-state index in [4.69, 9.17) is 0 Å². The number of aryl methyl sites for hydroxylation is 1. The molecule has 5 nitrogen and oxygen atoms in total. The largest absolute Gasteiger partial charge is 0.338 e. The number of nitrogens with zero attached hydrogens (tertiary/aromatic N) is 2. The molecule has 20 heavy (non-hydrogen) atoms. The molecule has 1 aromatic heterocycles. The summed E-state index contributed by atoms with van der Waals surface area (Å²) in [6.07, 6.45) is 1.98. The highest BCUT2D eigenvalue weighted by molar-refractivity contribution is 7.09. The first-order valence-electron chi connectivity index (χ1n) is 7.32. The van der Waals surface area contributed by atoms with E-state index < -0.39 is 0 Å². The third-order valence-corrected chi connectivity index (χ3v) is 4.52. The van der Waals surface area contributed by atoms with Crippen LogP contribution in [0.25, 0.3) is 0 Å². The molecular weight excluding hydrogens is 272 g/mol. The van der Waals surface area contributed by atoms with Gasteiger partial charge >= 0.3 is 6.03 Å². The van der Waals surface area contributed by atoms with E-state index in [9.17, 15) is 4.79 Å². The van der Waals surface area contributed by atoms with Gasteiger partial charge in [-0.3, -0.25) is 0 Å². The van der Waals surface area contributed by atoms with E-state index in [-0.39, 0.29) is 6.03 Å². The van der Waals surface area contributed by atoms with Crippen LogP contribution in [0.15, 0.2) is 5.38 Å². The highest BCUT2D eigenvalue weighted by atomic mass is 32.1. The van der Waals surface area contributed by atoms with E-state index in [0.29, 0.717) is 12.5 Å². The van der Waals surface area contributed by atoms with Gasteiger partial charge in [0, 0.05) is 31.4 Å². The molecule has 0 saturated carbocycles. The molecule has 0 spiro atoms. The quantitative estimate of drug-likeness (QED) is 0.839. The molecule has 0 bridgehead atoms. The lowest BCUT2D eigenvalue weighted by Gasteiger charge is -2.14. The minimum Gasteiger partial charge on any atom is -0.338 e. The van der Waals surface area contributed by atoms with E-state index in [2.05, 4.69) is 27.4 Å². The summed E-state index contributed by atoms with van der Waals surface area (Å²) >= 11 is 1.65. The molecule has 0 aliphatic carbocycles. The maximum absolute atomic E-state index is 11.7. The van der Waals surface area contributed by atoms with Gasteiger partial charge in [-0.2, -0.15) is 0 Å². The van der Waals surface area contributed by atoms with Gasteiger partial charge in [0.05, 0.1) is 10.7 Å². The van der Waals surface area contributed by atoms with Crippen molar-refractivity contribution in [3.05, 3.63) is 16.1 Å². The lowest BCUT2D eigenvalue weighted by molar-refractivity contribution is 0.238. The van der Waals surface area contributed by atoms with E-state index in [0.717, 1.165) is 43.3 Å². The van der Waals surface area contributed by atoms with Crippen molar-refractivity contribution in [2.45, 2.75) is 26.7 Å². The van der Waals surface area contributed by atoms with Crippen LogP contribution in [0.4, 0.5) is 4.79 Å². The third-order valence-electron chi connectivity index (χ3n) is 3.70. The predicted molar refractivity (Wildman–Crippen MR) is 82.2 cm³/mol. The number of carbonyl (C=O) groups excluding carboxylic acids is 1. The number of nitrogens with one attached hydrogen (secondary N) is 2. The number of aromatic nitrogens is 1. The number of rotatable bonds is 6. The summed E-state index contributed by atoms with van der Waals surface area (Å²) in [5.74, 6) is 0.599. The molecule has 2 rings (SSSR count). The Morgan fingerprint density at radius 1 is 1.55 bits per heavy atom. The molecule has 0 radical (unpaired) electrons. The van der Waals surface area contributed by atoms with Gasteiger partial charge in [0.1, 0.15) is 0 Å². The smallest absolute Gasteiger partial charge is 0.314 e. The highest BCUT2D eigenvalue weighted by Gasteiger charge is 2.21. The van der Waals surface area contributed by atoms with Crippen LogP contribution in [-0.4, -0.2) is 48.6 Å². The molecule has 0 aromatic carbocycles. The number of hydrogen-bond donors (Lipinski definition) is 2. The molecule has 1 aliphatic rings. The van der Waals surface area contributed by atoms with Crippen LogP contribution < -0.4 is 10.6 Å². The second kappa shape index (κ2) is 7.59. The van der Waals surface area contributed by atoms with E-state index in [1.807, 2.05) is 12.3 Å². The van der Waals surface area contributed by atoms with Gasteiger partial charge in [-0.1, -0.05) is 6.92 Å². The van der Waals surface area contributed by atoms with Gasteiger partial charge in [-0.05, 0) is 32.4 Å². The van der Waals surface area contributed by atoms with Gasteiger partial charge < -0.3 is 15.5 Å². The fourth-order valence-electron chi connectivity index (χ4n) is 2.49. The first-order chi connectivity index (χ1) is 9.67. The van der Waals surface area contributed by atoms with Crippen LogP contribution in [0.1, 0.15) is 24.0 Å². The molecule has 1 aliphatic heterocycles. The molecule has 0 unspecified atom stereocenters. The molecule has 1 saturated heterocycles. The second-order valence-electron chi connectivity index (χ2n) is 5.29. The Hall–Kier alpha value is -1.14. The minimum absolute atomic E-state index is 0.0631. The summed E-state index contributed by atoms with van der Waals surface area (Å²) in [6.45, 7) is 8.97. The van der Waals surface area contributed by atoms with Crippen molar-refractivity contribution in [1.82, 2.24) is 20.5 Å². The molecule has 2 N–H and O–H groups in total. The maximum Gasteiger partial charge on any atom is 0.314 e. The molecule has 1 atom stereocenters. The highest BCUT2D eigenvalue weighted by Crippen LogP contribution is 2.14. The lowest BCUT2D eigenvalue weighted by Crippen LogP contribution is -2.39. The number of hydrogen-bond acceptors (Lipinski definition) is 4. The van der Waals surface area contributed by atoms with Crippen molar-refractivity contribution in [2.24, 2.45) is 5.92 Å². The van der Waals surface area contributed by atoms with Crippen molar-refractivity contribution in [3.8, 4) is 0 Å². The Kier molecular flexibility index (Phi) is 5.79. The van der Waals surface area contributed by atoms with Crippen LogP contribution in [0.3, 0.4) is 0 Å². The Bertz CT molecular complexity index is 435. The Labute approximate surface area is 124 Å². The third kappa shape index (κ3) is 4.76. The molecule has 1 fully saturated rings. The molecule has 2 amide bonds. The van der Waals surface area contributed by atoms with Crippen LogP contribution in [-0.2, 0) is 6.42 Å². The van der Waals surface area contributed by atoms with Crippen molar-refractivity contribution < 1.29 is 4.79 Å². The minimum atomic E-state index is -0.0631. The SMILES string of the molecule is CCN1CC[C@H](CNC(=O)NCCc2csc(C)n2)C1. The average molecular weight is 296 g/mol. The number of amides is 2. The van der Waals surface area contributed by atoms with Crippen molar-refractivity contribution in [3.63, 3.8) is 0 Å². The molecule has 112 valence electrons. The maximum atomic E-state index is 11.7. The zero-order valence-electron chi connectivity index (χ0n) is 12.3. The van der Waals surface area contributed by atoms with Crippen LogP contribution in [0, 0.1) is 12.8 Å². The normalized spacial score (nSPS) is 19.2. The summed E-state index contributed by atoms with van der Waals surface area (Å²) in [5, 5.41) is 8.98. The first kappa shape index (κ1) is 15.3. The average Bonchev–Trinajstić information content (AvgIpc) is 3.05. The zero-order chi connectivity index (χ0) is 14.4. The first-order valence-corrected chi connectivity index (χ1v) is 8.20. The van der Waals surface area contributed by atoms with Crippen LogP contribution in [0.2, 0.25) is 0 Å². The Morgan fingerprint density at radius 2 is 2.40 bits per heavy atom. The van der Waals surface area contributed by atoms with Gasteiger partial charge in [-0.15, -0.1) is 11.3 Å². The number of urea groups is 1. The lowest BCUT2D eigenvalue weighted by atomic mass is 10.1. The van der Waals surface area contributed by atoms with E-state index >= 15 is 0 Å². The topological polar surface area (TPSA) is 57.3 Å². The number of likely N-dealkylation sites (tertiary alicyclic amines) is 1. The van der Waals surface area contributed by atoms with Gasteiger partial charge in [-0.25, -0.2) is 9.78 Å². The summed E-state index contributed by atoms with van der Waals surface area (Å²) in [5.41, 5.74) is 1.06. The Morgan fingerprint density at radius 3 is 3.05 bits per heavy atom. The number of thiazole rings is 1. The van der Waals surface area contributed by atoms with Gasteiger partial charge in [0.25, 0.3) is 0 Å². The predicted octanol–water partition coefficient (Wildman–Crippen LogP) is 1.64. The van der Waals surface area contributed by atoms with Crippen LogP contribution in [0.5, 0.6) is 0 Å². The fourth-order valence-corrected chi connectivity index (χ4v) is 3.14. The standard InChI is InChI=1S/C14H24N4OS/c1-3-18-7-5-12(9-18)8-16-14(19)15-6-4-13-10-20-11(2)17-13/h10,12H,3-9H2,1-2H3,(H2,15,16,19)/t12-/m1/s1. The molecule has 1 aromatic rings. The fraction of sp³-hybridized carbons (Fsp3) is 0.714. The zero-order valence-corrected chi connectivity index (χ0v) is 13.1. The summed E-state index contributed by atoms with van der Waals surface area (Å²) in [6, 6.07) is -0.0631. The van der Waals surface area contributed by atoms with Gasteiger partial charge in [0.15, 0.2) is 0 Å². The van der Waals surface area contributed by atoms with Crippen molar-refractivity contribution in [1.29, 1.82) is 0 Å². The molecule has 6 heteroatoms. The van der Waals surface area contributed by atoms with Gasteiger partial charge in [0.2, 0.25) is 0 Å². The van der Waals surface area contributed by atoms with E-state index in [1.54, 1.807) is 11.3 Å². The molecular formula is C14H24N4OS. The summed E-state index contributed by atoms with van der Waals surface area (Å²) in [7, 11) is 0. The second-order valence-corrected chi connectivity index (χ2v) is 6.35. The monoisotopic (exact) mass is 296 g/mol. The number of carbonyl (C=O) groups is 1. The van der Waals surface area contributed by atoms with E-state index in [1.165, 1.54) is 6.42 Å².